The van der Waals surface area contributed by atoms with Gasteiger partial charge in [-0.25, -0.2) is 14.8 Å². The van der Waals surface area contributed by atoms with E-state index in [2.05, 4.69) is 15.5 Å². The molecule has 1 aliphatic carbocycles. The van der Waals surface area contributed by atoms with Crippen LogP contribution in [0.4, 0.5) is 4.39 Å². The van der Waals surface area contributed by atoms with E-state index in [0.717, 1.165) is 36.1 Å². The molecule has 6 nitrogen and oxygen atoms in total. The lowest BCUT2D eigenvalue weighted by Crippen LogP contribution is -2.34. The summed E-state index contributed by atoms with van der Waals surface area (Å²) in [4.78, 5) is 31.8. The Hall–Kier alpha value is -2.87. The van der Waals surface area contributed by atoms with Crippen LogP contribution in [0, 0.1) is 5.82 Å². The van der Waals surface area contributed by atoms with Crippen LogP contribution >= 0.6 is 11.3 Å². The van der Waals surface area contributed by atoms with Gasteiger partial charge in [0.25, 0.3) is 11.5 Å². The van der Waals surface area contributed by atoms with E-state index < -0.39 is 11.9 Å². The van der Waals surface area contributed by atoms with Crippen molar-refractivity contribution >= 4 is 33.7 Å². The number of hydrazone groups is 1. The zero-order chi connectivity index (χ0) is 19.7. The number of carbonyl (C=O) groups excluding carboxylic acids is 1. The molecule has 1 N–H and O–H groups in total. The van der Waals surface area contributed by atoms with Crippen molar-refractivity contribution in [2.45, 2.75) is 38.6 Å². The van der Waals surface area contributed by atoms with Gasteiger partial charge in [0.15, 0.2) is 0 Å². The Balaban J connectivity index is 1.55. The second-order valence-corrected chi connectivity index (χ2v) is 7.89. The van der Waals surface area contributed by atoms with Gasteiger partial charge >= 0.3 is 0 Å². The summed E-state index contributed by atoms with van der Waals surface area (Å²) in [5.74, 6) is -0.765. The highest BCUT2D eigenvalue weighted by Gasteiger charge is 2.23. The van der Waals surface area contributed by atoms with E-state index in [1.807, 2.05) is 0 Å². The standard InChI is InChI=1S/C20H19FN4O2S/c1-12(18(26)24-23-10-13-6-8-14(21)9-7-13)25-11-22-19-17(20(25)27)15-4-2-3-5-16(15)28-19/h6-12H,2-5H2,1H3,(H,24,26)/b23-10+/t12-/m0/s1. The number of carbonyl (C=O) groups is 1. The van der Waals surface area contributed by atoms with E-state index in [-0.39, 0.29) is 11.4 Å². The number of aryl methyl sites for hydroxylation is 2. The predicted molar refractivity (Wildman–Crippen MR) is 107 cm³/mol. The van der Waals surface area contributed by atoms with Crippen molar-refractivity contribution in [2.24, 2.45) is 5.10 Å². The highest BCUT2D eigenvalue weighted by molar-refractivity contribution is 7.18. The fourth-order valence-electron chi connectivity index (χ4n) is 3.37. The molecule has 0 spiro atoms. The average molecular weight is 398 g/mol. The van der Waals surface area contributed by atoms with Crippen LogP contribution in [0.3, 0.4) is 0 Å². The molecular weight excluding hydrogens is 379 g/mol. The monoisotopic (exact) mass is 398 g/mol. The van der Waals surface area contributed by atoms with Crippen molar-refractivity contribution in [3.8, 4) is 0 Å². The molecule has 1 aromatic carbocycles. The van der Waals surface area contributed by atoms with Crippen molar-refractivity contribution in [3.63, 3.8) is 0 Å². The molecule has 0 saturated carbocycles. The number of hydrogen-bond acceptors (Lipinski definition) is 5. The van der Waals surface area contributed by atoms with Crippen molar-refractivity contribution in [3.05, 3.63) is 62.8 Å². The maximum absolute atomic E-state index is 13.0. The topological polar surface area (TPSA) is 76.3 Å². The van der Waals surface area contributed by atoms with Gasteiger partial charge in [0.2, 0.25) is 0 Å². The van der Waals surface area contributed by atoms with Gasteiger partial charge in [-0.3, -0.25) is 14.2 Å². The molecular formula is C20H19FN4O2S. The van der Waals surface area contributed by atoms with E-state index in [4.69, 9.17) is 0 Å². The van der Waals surface area contributed by atoms with Crippen LogP contribution in [0.25, 0.3) is 10.2 Å². The van der Waals surface area contributed by atoms with Gasteiger partial charge in [0.1, 0.15) is 16.7 Å². The van der Waals surface area contributed by atoms with Gasteiger partial charge < -0.3 is 0 Å². The molecule has 28 heavy (non-hydrogen) atoms. The molecule has 1 amide bonds. The molecule has 0 saturated heterocycles. The highest BCUT2D eigenvalue weighted by atomic mass is 32.1. The number of nitrogens with one attached hydrogen (secondary N) is 1. The van der Waals surface area contributed by atoms with Gasteiger partial charge in [0, 0.05) is 4.88 Å². The van der Waals surface area contributed by atoms with Gasteiger partial charge in [-0.2, -0.15) is 5.10 Å². The van der Waals surface area contributed by atoms with Crippen molar-refractivity contribution in [1.82, 2.24) is 15.0 Å². The summed E-state index contributed by atoms with van der Waals surface area (Å²) < 4.78 is 14.3. The molecule has 3 aromatic rings. The number of halogens is 1. The zero-order valence-electron chi connectivity index (χ0n) is 15.3. The first kappa shape index (κ1) is 18.5. The van der Waals surface area contributed by atoms with Crippen LogP contribution in [-0.4, -0.2) is 21.7 Å². The lowest BCUT2D eigenvalue weighted by Gasteiger charge is -2.14. The lowest BCUT2D eigenvalue weighted by atomic mass is 9.97. The minimum atomic E-state index is -0.756. The minimum absolute atomic E-state index is 0.186. The fraction of sp³-hybridized carbons (Fsp3) is 0.300. The van der Waals surface area contributed by atoms with Crippen molar-refractivity contribution in [2.75, 3.05) is 0 Å². The quantitative estimate of drug-likeness (QED) is 0.542. The molecule has 0 fully saturated rings. The first-order valence-corrected chi connectivity index (χ1v) is 9.96. The predicted octanol–water partition coefficient (Wildman–Crippen LogP) is 3.19. The molecule has 0 unspecified atom stereocenters. The number of aromatic nitrogens is 2. The largest absolute Gasteiger partial charge is 0.286 e. The third-order valence-corrected chi connectivity index (χ3v) is 6.16. The van der Waals surface area contributed by atoms with E-state index >= 15 is 0 Å². The third-order valence-electron chi connectivity index (χ3n) is 4.96. The number of amides is 1. The van der Waals surface area contributed by atoms with Crippen LogP contribution in [0.5, 0.6) is 0 Å². The number of hydrogen-bond donors (Lipinski definition) is 1. The second kappa shape index (κ2) is 7.63. The van der Waals surface area contributed by atoms with Crippen molar-refractivity contribution in [1.29, 1.82) is 0 Å². The maximum atomic E-state index is 13.0. The van der Waals surface area contributed by atoms with E-state index in [9.17, 15) is 14.0 Å². The Kier molecular flexibility index (Phi) is 5.04. The summed E-state index contributed by atoms with van der Waals surface area (Å²) in [7, 11) is 0. The van der Waals surface area contributed by atoms with Crippen LogP contribution in [-0.2, 0) is 17.6 Å². The number of thiophene rings is 1. The van der Waals surface area contributed by atoms with E-state index in [1.54, 1.807) is 30.4 Å². The summed E-state index contributed by atoms with van der Waals surface area (Å²) >= 11 is 1.58. The van der Waals surface area contributed by atoms with Gasteiger partial charge in [-0.05, 0) is 55.9 Å². The van der Waals surface area contributed by atoms with Gasteiger partial charge in [0.05, 0.1) is 17.9 Å². The number of rotatable bonds is 4. The van der Waals surface area contributed by atoms with Gasteiger partial charge in [-0.15, -0.1) is 11.3 Å². The first-order chi connectivity index (χ1) is 13.5. The Morgan fingerprint density at radius 3 is 2.86 bits per heavy atom. The number of nitrogens with zero attached hydrogens (tertiary/aromatic N) is 3. The van der Waals surface area contributed by atoms with Crippen LogP contribution in [0.2, 0.25) is 0 Å². The molecule has 2 heterocycles. The average Bonchev–Trinajstić information content (AvgIpc) is 3.08. The number of benzene rings is 1. The van der Waals surface area contributed by atoms with Crippen LogP contribution < -0.4 is 11.0 Å². The minimum Gasteiger partial charge on any atom is -0.286 e. The molecule has 4 rings (SSSR count). The first-order valence-electron chi connectivity index (χ1n) is 9.14. The Morgan fingerprint density at radius 1 is 1.32 bits per heavy atom. The summed E-state index contributed by atoms with van der Waals surface area (Å²) in [6.45, 7) is 1.64. The molecule has 144 valence electrons. The molecule has 1 aliphatic rings. The maximum Gasteiger partial charge on any atom is 0.263 e. The van der Waals surface area contributed by atoms with Crippen LogP contribution in [0.1, 0.15) is 41.8 Å². The molecule has 0 radical (unpaired) electrons. The summed E-state index contributed by atoms with van der Waals surface area (Å²) in [5, 5.41) is 4.54. The normalized spacial score (nSPS) is 14.9. The summed E-state index contributed by atoms with van der Waals surface area (Å²) in [5.41, 5.74) is 3.99. The van der Waals surface area contributed by atoms with E-state index in [1.165, 1.54) is 34.1 Å². The smallest absolute Gasteiger partial charge is 0.263 e. The lowest BCUT2D eigenvalue weighted by molar-refractivity contribution is -0.123. The third kappa shape index (κ3) is 3.47. The molecule has 0 aliphatic heterocycles. The summed E-state index contributed by atoms with van der Waals surface area (Å²) in [6, 6.07) is 4.98. The molecule has 2 aromatic heterocycles. The molecule has 8 heteroatoms. The molecule has 1 atom stereocenters. The highest BCUT2D eigenvalue weighted by Crippen LogP contribution is 2.33. The Labute approximate surface area is 164 Å². The van der Waals surface area contributed by atoms with Gasteiger partial charge in [-0.1, -0.05) is 12.1 Å². The summed E-state index contributed by atoms with van der Waals surface area (Å²) in [6.07, 6.45) is 6.94. The number of fused-ring (bicyclic) bond motifs is 3. The van der Waals surface area contributed by atoms with Crippen molar-refractivity contribution < 1.29 is 9.18 Å². The Bertz CT molecular complexity index is 1120. The second-order valence-electron chi connectivity index (χ2n) is 6.81. The Morgan fingerprint density at radius 2 is 2.07 bits per heavy atom. The molecule has 0 bridgehead atoms. The fourth-order valence-corrected chi connectivity index (χ4v) is 4.59. The van der Waals surface area contributed by atoms with E-state index in [0.29, 0.717) is 10.9 Å². The zero-order valence-corrected chi connectivity index (χ0v) is 16.1. The SMILES string of the molecule is C[C@@H](C(=O)N/N=C/c1ccc(F)cc1)n1cnc2sc3c(c2c1=O)CCCC3. The van der Waals surface area contributed by atoms with Crippen LogP contribution in [0.15, 0.2) is 40.5 Å².